The van der Waals surface area contributed by atoms with Crippen molar-refractivity contribution in [2.75, 3.05) is 6.61 Å². The molecule has 2 N–H and O–H groups in total. The van der Waals surface area contributed by atoms with Crippen molar-refractivity contribution in [3.63, 3.8) is 0 Å². The van der Waals surface area contributed by atoms with E-state index in [1.165, 1.54) is 12.1 Å². The highest BCUT2D eigenvalue weighted by Gasteiger charge is 2.13. The van der Waals surface area contributed by atoms with Gasteiger partial charge in [-0.2, -0.15) is 0 Å². The van der Waals surface area contributed by atoms with Gasteiger partial charge in [-0.25, -0.2) is 0 Å². The highest BCUT2D eigenvalue weighted by atomic mass is 35.5. The summed E-state index contributed by atoms with van der Waals surface area (Å²) in [5.41, 5.74) is 5.21. The summed E-state index contributed by atoms with van der Waals surface area (Å²) in [6.45, 7) is 2.72. The quantitative estimate of drug-likeness (QED) is 0.581. The maximum absolute atomic E-state index is 12.1. The predicted octanol–water partition coefficient (Wildman–Crippen LogP) is 4.25. The van der Waals surface area contributed by atoms with Gasteiger partial charge in [-0.1, -0.05) is 36.5 Å². The molecule has 2 aromatic rings. The minimum absolute atomic E-state index is 0.175. The van der Waals surface area contributed by atoms with E-state index in [-0.39, 0.29) is 10.6 Å². The smallest absolute Gasteiger partial charge is 0.271 e. The Hall–Kier alpha value is -2.24. The van der Waals surface area contributed by atoms with Crippen molar-refractivity contribution in [3.8, 4) is 5.75 Å². The Morgan fingerprint density at radius 1 is 1.00 bits per heavy atom. The second-order valence-corrected chi connectivity index (χ2v) is 6.10. The SMILES string of the molecule is CCCCOc1ccc(C(=O)NNC(=O)c2cc(Cl)ccc2Cl)cc1. The van der Waals surface area contributed by atoms with Crippen molar-refractivity contribution in [3.05, 3.63) is 63.6 Å². The van der Waals surface area contributed by atoms with Crippen LogP contribution in [0, 0.1) is 0 Å². The third kappa shape index (κ3) is 5.66. The number of carbonyl (C=O) groups is 2. The third-order valence-corrected chi connectivity index (χ3v) is 3.91. The fourth-order valence-corrected chi connectivity index (χ4v) is 2.34. The number of hydrazine groups is 1. The van der Waals surface area contributed by atoms with E-state index >= 15 is 0 Å². The molecule has 2 amide bonds. The number of hydrogen-bond acceptors (Lipinski definition) is 3. The van der Waals surface area contributed by atoms with E-state index in [4.69, 9.17) is 27.9 Å². The molecule has 0 saturated heterocycles. The van der Waals surface area contributed by atoms with E-state index in [1.807, 2.05) is 0 Å². The minimum atomic E-state index is -0.555. The molecule has 25 heavy (non-hydrogen) atoms. The number of unbranched alkanes of at least 4 members (excludes halogenated alkanes) is 1. The molecule has 2 rings (SSSR count). The topological polar surface area (TPSA) is 67.4 Å². The lowest BCUT2D eigenvalue weighted by atomic mass is 10.2. The molecule has 5 nitrogen and oxygen atoms in total. The summed E-state index contributed by atoms with van der Waals surface area (Å²) >= 11 is 11.8. The van der Waals surface area contributed by atoms with E-state index < -0.39 is 11.8 Å². The van der Waals surface area contributed by atoms with Gasteiger partial charge in [0.1, 0.15) is 5.75 Å². The number of ether oxygens (including phenoxy) is 1. The van der Waals surface area contributed by atoms with E-state index in [1.54, 1.807) is 30.3 Å². The molecule has 0 bridgehead atoms. The first kappa shape index (κ1) is 19.1. The Kier molecular flexibility index (Phi) is 7.10. The van der Waals surface area contributed by atoms with E-state index in [0.717, 1.165) is 12.8 Å². The molecule has 132 valence electrons. The van der Waals surface area contributed by atoms with Crippen LogP contribution in [0.5, 0.6) is 5.75 Å². The van der Waals surface area contributed by atoms with Crippen LogP contribution in [0.25, 0.3) is 0 Å². The van der Waals surface area contributed by atoms with Crippen LogP contribution in [-0.2, 0) is 0 Å². The Labute approximate surface area is 156 Å². The minimum Gasteiger partial charge on any atom is -0.494 e. The van der Waals surface area contributed by atoms with Crippen LogP contribution in [0.4, 0.5) is 0 Å². The molecule has 0 aliphatic heterocycles. The van der Waals surface area contributed by atoms with Crippen molar-refractivity contribution >= 4 is 35.0 Å². The predicted molar refractivity (Wildman–Crippen MR) is 98.2 cm³/mol. The van der Waals surface area contributed by atoms with Crippen molar-refractivity contribution < 1.29 is 14.3 Å². The van der Waals surface area contributed by atoms with Crippen molar-refractivity contribution in [2.24, 2.45) is 0 Å². The zero-order valence-electron chi connectivity index (χ0n) is 13.6. The molecule has 2 aromatic carbocycles. The first-order chi connectivity index (χ1) is 12.0. The Morgan fingerprint density at radius 2 is 1.68 bits per heavy atom. The Bertz CT molecular complexity index is 748. The van der Waals surface area contributed by atoms with Crippen molar-refractivity contribution in [1.29, 1.82) is 0 Å². The molecule has 0 aromatic heterocycles. The van der Waals surface area contributed by atoms with Crippen LogP contribution in [-0.4, -0.2) is 18.4 Å². The first-order valence-corrected chi connectivity index (χ1v) is 8.55. The molecule has 0 unspecified atom stereocenters. The molecular formula is C18H18Cl2N2O3. The Morgan fingerprint density at radius 3 is 2.36 bits per heavy atom. The molecule has 0 aliphatic rings. The largest absolute Gasteiger partial charge is 0.494 e. The highest BCUT2D eigenvalue weighted by molar-refractivity contribution is 6.35. The molecule has 0 heterocycles. The number of amides is 2. The molecule has 0 saturated carbocycles. The van der Waals surface area contributed by atoms with Crippen molar-refractivity contribution in [1.82, 2.24) is 10.9 Å². The van der Waals surface area contributed by atoms with Gasteiger partial charge in [-0.05, 0) is 48.9 Å². The number of halogens is 2. The van der Waals surface area contributed by atoms with Gasteiger partial charge in [0.15, 0.2) is 0 Å². The number of benzene rings is 2. The van der Waals surface area contributed by atoms with Gasteiger partial charge in [0.2, 0.25) is 0 Å². The van der Waals surface area contributed by atoms with E-state index in [2.05, 4.69) is 17.8 Å². The zero-order chi connectivity index (χ0) is 18.2. The fourth-order valence-electron chi connectivity index (χ4n) is 1.96. The molecule has 0 atom stereocenters. The van der Waals surface area contributed by atoms with Crippen LogP contribution < -0.4 is 15.6 Å². The number of carbonyl (C=O) groups excluding carboxylic acids is 2. The fraction of sp³-hybridized carbons (Fsp3) is 0.222. The standard InChI is InChI=1S/C18H18Cl2N2O3/c1-2-3-10-25-14-7-4-12(5-8-14)17(23)21-22-18(24)15-11-13(19)6-9-16(15)20/h4-9,11H,2-3,10H2,1H3,(H,21,23)(H,22,24). The average Bonchev–Trinajstić information content (AvgIpc) is 2.62. The molecule has 7 heteroatoms. The molecular weight excluding hydrogens is 363 g/mol. The van der Waals surface area contributed by atoms with Crippen LogP contribution >= 0.6 is 23.2 Å². The summed E-state index contributed by atoms with van der Waals surface area (Å²) < 4.78 is 5.53. The van der Waals surface area contributed by atoms with Gasteiger partial charge in [0, 0.05) is 10.6 Å². The maximum Gasteiger partial charge on any atom is 0.271 e. The lowest BCUT2D eigenvalue weighted by Gasteiger charge is -2.10. The second kappa shape index (κ2) is 9.30. The lowest BCUT2D eigenvalue weighted by molar-refractivity contribution is 0.0846. The summed E-state index contributed by atoms with van der Waals surface area (Å²) in [5, 5.41) is 0.615. The summed E-state index contributed by atoms with van der Waals surface area (Å²) in [4.78, 5) is 24.1. The summed E-state index contributed by atoms with van der Waals surface area (Å²) in [7, 11) is 0. The second-order valence-electron chi connectivity index (χ2n) is 5.26. The maximum atomic E-state index is 12.1. The van der Waals surface area contributed by atoms with Gasteiger partial charge < -0.3 is 4.74 Å². The Balaban J connectivity index is 1.91. The molecule has 0 fully saturated rings. The van der Waals surface area contributed by atoms with Crippen LogP contribution in [0.3, 0.4) is 0 Å². The van der Waals surface area contributed by atoms with Crippen LogP contribution in [0.15, 0.2) is 42.5 Å². The van der Waals surface area contributed by atoms with Crippen LogP contribution in [0.2, 0.25) is 10.0 Å². The lowest BCUT2D eigenvalue weighted by Crippen LogP contribution is -2.41. The average molecular weight is 381 g/mol. The normalized spacial score (nSPS) is 10.2. The highest BCUT2D eigenvalue weighted by Crippen LogP contribution is 2.20. The first-order valence-electron chi connectivity index (χ1n) is 7.80. The van der Waals surface area contributed by atoms with Gasteiger partial charge in [0.25, 0.3) is 11.8 Å². The summed E-state index contributed by atoms with van der Waals surface area (Å²) in [6.07, 6.45) is 2.02. The number of rotatable bonds is 6. The summed E-state index contributed by atoms with van der Waals surface area (Å²) in [6, 6.07) is 11.2. The molecule has 0 radical (unpaired) electrons. The molecule has 0 spiro atoms. The van der Waals surface area contributed by atoms with Gasteiger partial charge >= 0.3 is 0 Å². The van der Waals surface area contributed by atoms with Gasteiger partial charge in [0.05, 0.1) is 17.2 Å². The monoisotopic (exact) mass is 380 g/mol. The van der Waals surface area contributed by atoms with E-state index in [9.17, 15) is 9.59 Å². The van der Waals surface area contributed by atoms with Gasteiger partial charge in [-0.3, -0.25) is 20.4 Å². The zero-order valence-corrected chi connectivity index (χ0v) is 15.2. The van der Waals surface area contributed by atoms with E-state index in [0.29, 0.717) is 22.9 Å². The van der Waals surface area contributed by atoms with Crippen LogP contribution in [0.1, 0.15) is 40.5 Å². The van der Waals surface area contributed by atoms with Crippen molar-refractivity contribution in [2.45, 2.75) is 19.8 Å². The van der Waals surface area contributed by atoms with Gasteiger partial charge in [-0.15, -0.1) is 0 Å². The summed E-state index contributed by atoms with van der Waals surface area (Å²) in [5.74, 6) is -0.313. The molecule has 0 aliphatic carbocycles. The third-order valence-electron chi connectivity index (χ3n) is 3.35. The number of hydrogen-bond donors (Lipinski definition) is 2. The number of nitrogens with one attached hydrogen (secondary N) is 2.